The molecular weight excluding hydrogens is 675 g/mol. The Bertz CT molecular complexity index is 2810. The quantitative estimate of drug-likeness (QED) is 0.159. The van der Waals surface area contributed by atoms with Gasteiger partial charge in [-0.3, -0.25) is 0 Å². The van der Waals surface area contributed by atoms with E-state index in [2.05, 4.69) is 231 Å². The molecule has 0 spiro atoms. The zero-order valence-electron chi connectivity index (χ0n) is 31.7. The molecule has 0 saturated carbocycles. The number of hydrogen-bond donors (Lipinski definition) is 0. The van der Waals surface area contributed by atoms with Gasteiger partial charge in [0.15, 0.2) is 0 Å². The van der Waals surface area contributed by atoms with E-state index in [0.29, 0.717) is 0 Å². The summed E-state index contributed by atoms with van der Waals surface area (Å²) in [7, 11) is 0. The molecule has 9 aromatic rings. The Kier molecular flexibility index (Phi) is 8.23. The molecule has 0 bridgehead atoms. The second kappa shape index (κ2) is 13.7. The van der Waals surface area contributed by atoms with Crippen molar-refractivity contribution in [2.75, 3.05) is 4.90 Å². The van der Waals surface area contributed by atoms with Crippen molar-refractivity contribution >= 4 is 27.8 Å². The van der Waals surface area contributed by atoms with Crippen LogP contribution in [0.3, 0.4) is 0 Å². The van der Waals surface area contributed by atoms with Gasteiger partial charge in [0, 0.05) is 22.5 Å². The van der Waals surface area contributed by atoms with E-state index < -0.39 is 0 Å². The number of rotatable bonds is 7. The minimum Gasteiger partial charge on any atom is -0.310 e. The molecule has 0 fully saturated rings. The fourth-order valence-corrected chi connectivity index (χ4v) is 8.85. The standard InChI is InChI=1S/C55H41N/c1-55(2)53-26-12-11-23-51(53)52-25-14-24-50(54(52)55)41-29-31-47(32-30-41)56(48-22-13-21-43(35-48)44-28-27-40-19-9-10-20-42(40)33-44)49-36-45(38-15-5-3-6-16-38)34-46(37-49)39-17-7-4-8-18-39/h3-37H,1-2H3. The minimum atomic E-state index is -0.0951. The van der Waals surface area contributed by atoms with Gasteiger partial charge < -0.3 is 4.90 Å². The Morgan fingerprint density at radius 2 is 0.839 bits per heavy atom. The van der Waals surface area contributed by atoms with Gasteiger partial charge in [0.25, 0.3) is 0 Å². The third-order valence-electron chi connectivity index (χ3n) is 11.6. The van der Waals surface area contributed by atoms with E-state index in [4.69, 9.17) is 0 Å². The van der Waals surface area contributed by atoms with Crippen LogP contribution < -0.4 is 4.90 Å². The van der Waals surface area contributed by atoms with Crippen LogP contribution in [0.4, 0.5) is 17.1 Å². The predicted molar refractivity (Wildman–Crippen MR) is 238 cm³/mol. The second-order valence-corrected chi connectivity index (χ2v) is 15.4. The number of anilines is 3. The molecule has 9 aromatic carbocycles. The van der Waals surface area contributed by atoms with Gasteiger partial charge in [-0.15, -0.1) is 0 Å². The minimum absolute atomic E-state index is 0.0951. The summed E-state index contributed by atoms with van der Waals surface area (Å²) >= 11 is 0. The van der Waals surface area contributed by atoms with Gasteiger partial charge in [-0.1, -0.05) is 178 Å². The van der Waals surface area contributed by atoms with Crippen LogP contribution in [0, 0.1) is 0 Å². The van der Waals surface area contributed by atoms with Crippen molar-refractivity contribution in [2.24, 2.45) is 0 Å². The highest BCUT2D eigenvalue weighted by Gasteiger charge is 2.37. The largest absolute Gasteiger partial charge is 0.310 e. The van der Waals surface area contributed by atoms with Gasteiger partial charge in [-0.2, -0.15) is 0 Å². The molecule has 0 aliphatic heterocycles. The first kappa shape index (κ1) is 33.6. The summed E-state index contributed by atoms with van der Waals surface area (Å²) in [6.45, 7) is 4.73. The van der Waals surface area contributed by atoms with Crippen molar-refractivity contribution in [1.82, 2.24) is 0 Å². The van der Waals surface area contributed by atoms with E-state index in [1.54, 1.807) is 0 Å². The fourth-order valence-electron chi connectivity index (χ4n) is 8.85. The zero-order valence-corrected chi connectivity index (χ0v) is 31.7. The van der Waals surface area contributed by atoms with Crippen molar-refractivity contribution < 1.29 is 0 Å². The van der Waals surface area contributed by atoms with Gasteiger partial charge >= 0.3 is 0 Å². The highest BCUT2D eigenvalue weighted by Crippen LogP contribution is 2.52. The molecule has 0 radical (unpaired) electrons. The second-order valence-electron chi connectivity index (χ2n) is 15.4. The Hall–Kier alpha value is -6.96. The highest BCUT2D eigenvalue weighted by atomic mass is 15.1. The summed E-state index contributed by atoms with van der Waals surface area (Å²) in [6, 6.07) is 77.6. The van der Waals surface area contributed by atoms with Crippen molar-refractivity contribution in [3.05, 3.63) is 223 Å². The topological polar surface area (TPSA) is 3.24 Å². The van der Waals surface area contributed by atoms with Gasteiger partial charge in [0.2, 0.25) is 0 Å². The van der Waals surface area contributed by atoms with Crippen molar-refractivity contribution in [3.63, 3.8) is 0 Å². The van der Waals surface area contributed by atoms with Crippen LogP contribution >= 0.6 is 0 Å². The number of fused-ring (bicyclic) bond motifs is 4. The van der Waals surface area contributed by atoms with Crippen LogP contribution in [-0.4, -0.2) is 0 Å². The molecule has 0 amide bonds. The molecule has 0 atom stereocenters. The highest BCUT2D eigenvalue weighted by molar-refractivity contribution is 5.91. The lowest BCUT2D eigenvalue weighted by atomic mass is 9.79. The third-order valence-corrected chi connectivity index (χ3v) is 11.6. The van der Waals surface area contributed by atoms with Crippen LogP contribution in [0.5, 0.6) is 0 Å². The maximum absolute atomic E-state index is 2.42. The normalized spacial score (nSPS) is 12.6. The van der Waals surface area contributed by atoms with E-state index in [-0.39, 0.29) is 5.41 Å². The molecule has 56 heavy (non-hydrogen) atoms. The lowest BCUT2D eigenvalue weighted by Crippen LogP contribution is -2.16. The zero-order chi connectivity index (χ0) is 37.6. The van der Waals surface area contributed by atoms with Crippen LogP contribution in [0.15, 0.2) is 212 Å². The molecule has 0 unspecified atom stereocenters. The molecule has 266 valence electrons. The van der Waals surface area contributed by atoms with Crippen molar-refractivity contribution in [1.29, 1.82) is 0 Å². The van der Waals surface area contributed by atoms with E-state index in [1.807, 2.05) is 0 Å². The Morgan fingerprint density at radius 3 is 1.57 bits per heavy atom. The summed E-state index contributed by atoms with van der Waals surface area (Å²) < 4.78 is 0. The van der Waals surface area contributed by atoms with Gasteiger partial charge in [0.05, 0.1) is 0 Å². The molecule has 10 rings (SSSR count). The van der Waals surface area contributed by atoms with Gasteiger partial charge in [-0.25, -0.2) is 0 Å². The molecular formula is C55H41N. The lowest BCUT2D eigenvalue weighted by Gasteiger charge is -2.28. The maximum atomic E-state index is 2.42. The molecule has 0 heterocycles. The summed E-state index contributed by atoms with van der Waals surface area (Å²) in [5.74, 6) is 0. The first-order valence-electron chi connectivity index (χ1n) is 19.5. The number of hydrogen-bond acceptors (Lipinski definition) is 1. The van der Waals surface area contributed by atoms with Gasteiger partial charge in [-0.05, 0) is 126 Å². The molecule has 1 heteroatoms. The molecule has 1 aliphatic carbocycles. The summed E-state index contributed by atoms with van der Waals surface area (Å²) in [5, 5.41) is 2.49. The summed E-state index contributed by atoms with van der Waals surface area (Å²) in [5.41, 5.74) is 18.3. The average molecular weight is 716 g/mol. The SMILES string of the molecule is CC1(C)c2ccccc2-c2cccc(-c3ccc(N(c4cccc(-c5ccc6ccccc6c5)c4)c4cc(-c5ccccc5)cc(-c5ccccc5)c4)cc3)c21. The summed E-state index contributed by atoms with van der Waals surface area (Å²) in [4.78, 5) is 2.42. The third kappa shape index (κ3) is 5.90. The predicted octanol–water partition coefficient (Wildman–Crippen LogP) is 15.3. The first-order valence-corrected chi connectivity index (χ1v) is 19.5. The lowest BCUT2D eigenvalue weighted by molar-refractivity contribution is 0.662. The first-order chi connectivity index (χ1) is 27.5. The number of benzene rings is 9. The number of nitrogens with zero attached hydrogens (tertiary/aromatic N) is 1. The monoisotopic (exact) mass is 715 g/mol. The molecule has 0 aromatic heterocycles. The summed E-state index contributed by atoms with van der Waals surface area (Å²) in [6.07, 6.45) is 0. The molecule has 1 aliphatic rings. The van der Waals surface area contributed by atoms with E-state index in [9.17, 15) is 0 Å². The molecule has 0 N–H and O–H groups in total. The Balaban J connectivity index is 1.14. The smallest absolute Gasteiger partial charge is 0.0473 e. The van der Waals surface area contributed by atoms with Gasteiger partial charge in [0.1, 0.15) is 0 Å². The molecule has 1 nitrogen and oxygen atoms in total. The van der Waals surface area contributed by atoms with E-state index in [1.165, 1.54) is 77.5 Å². The Labute approximate surface area is 329 Å². The maximum Gasteiger partial charge on any atom is 0.0473 e. The average Bonchev–Trinajstić information content (AvgIpc) is 3.50. The van der Waals surface area contributed by atoms with Crippen molar-refractivity contribution in [3.8, 4) is 55.6 Å². The molecule has 0 saturated heterocycles. The van der Waals surface area contributed by atoms with Crippen LogP contribution in [0.25, 0.3) is 66.4 Å². The van der Waals surface area contributed by atoms with Crippen LogP contribution in [0.2, 0.25) is 0 Å². The van der Waals surface area contributed by atoms with E-state index in [0.717, 1.165) is 17.1 Å². The van der Waals surface area contributed by atoms with Crippen molar-refractivity contribution in [2.45, 2.75) is 19.3 Å². The van der Waals surface area contributed by atoms with Crippen LogP contribution in [-0.2, 0) is 5.41 Å². The van der Waals surface area contributed by atoms with E-state index >= 15 is 0 Å². The van der Waals surface area contributed by atoms with Crippen LogP contribution in [0.1, 0.15) is 25.0 Å². The fraction of sp³-hybridized carbons (Fsp3) is 0.0545. The Morgan fingerprint density at radius 1 is 0.304 bits per heavy atom.